The summed E-state index contributed by atoms with van der Waals surface area (Å²) in [7, 11) is 3.51. The fraction of sp³-hybridized carbons (Fsp3) is 0.462. The minimum atomic E-state index is 0.105. The predicted molar refractivity (Wildman–Crippen MR) is 66.1 cm³/mol. The second kappa shape index (κ2) is 4.65. The number of hydrogen-bond acceptors (Lipinski definition) is 2. The first kappa shape index (κ1) is 11.8. The Kier molecular flexibility index (Phi) is 3.22. The van der Waals surface area contributed by atoms with Gasteiger partial charge in [0.25, 0.3) is 0 Å². The quantitative estimate of drug-likeness (QED) is 0.802. The van der Waals surface area contributed by atoms with Crippen molar-refractivity contribution in [3.05, 3.63) is 29.8 Å². The van der Waals surface area contributed by atoms with E-state index in [0.29, 0.717) is 0 Å². The second-order valence-corrected chi connectivity index (χ2v) is 4.22. The Morgan fingerprint density at radius 1 is 1.35 bits per heavy atom. The Balaban J connectivity index is 2.19. The molecule has 0 saturated carbocycles. The number of likely N-dealkylation sites (N-methyl/N-ethyl adjacent to an activating group) is 2. The standard InChI is InChI=1S/C13H18N2O2/c1-4-15-9-12(14(2)13(15)16)10-5-7-11(17-3)8-6-10/h5-8,12H,4,9H2,1-3H3. The largest absolute Gasteiger partial charge is 0.497 e. The maximum Gasteiger partial charge on any atom is 0.320 e. The Bertz CT molecular complexity index is 402. The zero-order valence-corrected chi connectivity index (χ0v) is 10.5. The number of benzene rings is 1. The molecule has 1 unspecified atom stereocenters. The van der Waals surface area contributed by atoms with Crippen LogP contribution in [0.1, 0.15) is 18.5 Å². The molecule has 1 fully saturated rings. The number of nitrogens with zero attached hydrogens (tertiary/aromatic N) is 2. The van der Waals surface area contributed by atoms with Gasteiger partial charge in [0.1, 0.15) is 5.75 Å². The summed E-state index contributed by atoms with van der Waals surface area (Å²) in [5.41, 5.74) is 1.15. The van der Waals surface area contributed by atoms with Crippen molar-refractivity contribution in [1.29, 1.82) is 0 Å². The molecule has 2 amide bonds. The highest BCUT2D eigenvalue weighted by atomic mass is 16.5. The second-order valence-electron chi connectivity index (χ2n) is 4.22. The number of hydrogen-bond donors (Lipinski definition) is 0. The lowest BCUT2D eigenvalue weighted by Gasteiger charge is -2.18. The van der Waals surface area contributed by atoms with Gasteiger partial charge in [-0.1, -0.05) is 12.1 Å². The molecular weight excluding hydrogens is 216 g/mol. The molecule has 1 atom stereocenters. The van der Waals surface area contributed by atoms with Crippen LogP contribution in [0.25, 0.3) is 0 Å². The molecule has 0 spiro atoms. The zero-order chi connectivity index (χ0) is 12.4. The fourth-order valence-electron chi connectivity index (χ4n) is 2.19. The van der Waals surface area contributed by atoms with Gasteiger partial charge in [-0.2, -0.15) is 0 Å². The monoisotopic (exact) mass is 234 g/mol. The third-order valence-electron chi connectivity index (χ3n) is 3.32. The van der Waals surface area contributed by atoms with Crippen LogP contribution in [0.3, 0.4) is 0 Å². The highest BCUT2D eigenvalue weighted by Gasteiger charge is 2.34. The van der Waals surface area contributed by atoms with Crippen LogP contribution in [0.5, 0.6) is 5.75 Å². The number of ether oxygens (including phenoxy) is 1. The molecule has 17 heavy (non-hydrogen) atoms. The molecule has 1 aliphatic rings. The normalized spacial score (nSPS) is 19.9. The molecule has 1 aliphatic heterocycles. The van der Waals surface area contributed by atoms with E-state index >= 15 is 0 Å². The van der Waals surface area contributed by atoms with Crippen molar-refractivity contribution in [3.8, 4) is 5.75 Å². The Labute approximate surface area is 102 Å². The van der Waals surface area contributed by atoms with Crippen molar-refractivity contribution in [2.24, 2.45) is 0 Å². The topological polar surface area (TPSA) is 32.8 Å². The lowest BCUT2D eigenvalue weighted by atomic mass is 10.1. The van der Waals surface area contributed by atoms with E-state index in [4.69, 9.17) is 4.74 Å². The maximum atomic E-state index is 11.9. The van der Waals surface area contributed by atoms with Gasteiger partial charge in [-0.3, -0.25) is 0 Å². The Morgan fingerprint density at radius 3 is 2.47 bits per heavy atom. The smallest absolute Gasteiger partial charge is 0.320 e. The van der Waals surface area contributed by atoms with E-state index in [1.165, 1.54) is 0 Å². The fourth-order valence-corrected chi connectivity index (χ4v) is 2.19. The van der Waals surface area contributed by atoms with Gasteiger partial charge in [0, 0.05) is 20.1 Å². The van der Waals surface area contributed by atoms with Gasteiger partial charge in [0.2, 0.25) is 0 Å². The molecule has 0 bridgehead atoms. The van der Waals surface area contributed by atoms with Gasteiger partial charge in [0.15, 0.2) is 0 Å². The summed E-state index contributed by atoms with van der Waals surface area (Å²) in [6, 6.07) is 8.16. The molecule has 1 aromatic carbocycles. The molecule has 1 heterocycles. The van der Waals surface area contributed by atoms with Crippen molar-refractivity contribution in [2.45, 2.75) is 13.0 Å². The van der Waals surface area contributed by atoms with E-state index in [2.05, 4.69) is 0 Å². The number of methoxy groups -OCH3 is 1. The van der Waals surface area contributed by atoms with Gasteiger partial charge >= 0.3 is 6.03 Å². The summed E-state index contributed by atoms with van der Waals surface area (Å²) < 4.78 is 5.13. The summed E-state index contributed by atoms with van der Waals surface area (Å²) in [6.07, 6.45) is 0. The van der Waals surface area contributed by atoms with E-state index in [0.717, 1.165) is 24.4 Å². The van der Waals surface area contributed by atoms with E-state index in [-0.39, 0.29) is 12.1 Å². The van der Waals surface area contributed by atoms with Crippen molar-refractivity contribution in [1.82, 2.24) is 9.80 Å². The number of urea groups is 1. The first-order valence-corrected chi connectivity index (χ1v) is 5.83. The number of carbonyl (C=O) groups excluding carboxylic acids is 1. The van der Waals surface area contributed by atoms with Crippen LogP contribution in [-0.4, -0.2) is 43.1 Å². The summed E-state index contributed by atoms with van der Waals surface area (Å²) in [5.74, 6) is 0.841. The van der Waals surface area contributed by atoms with Gasteiger partial charge in [0.05, 0.1) is 13.2 Å². The Morgan fingerprint density at radius 2 is 2.00 bits per heavy atom. The molecule has 0 radical (unpaired) electrons. The van der Waals surface area contributed by atoms with Crippen LogP contribution in [0.4, 0.5) is 4.79 Å². The molecule has 1 saturated heterocycles. The third-order valence-corrected chi connectivity index (χ3v) is 3.32. The zero-order valence-electron chi connectivity index (χ0n) is 10.5. The van der Waals surface area contributed by atoms with E-state index in [1.54, 1.807) is 12.0 Å². The van der Waals surface area contributed by atoms with E-state index < -0.39 is 0 Å². The number of rotatable bonds is 3. The minimum absolute atomic E-state index is 0.105. The molecular formula is C13H18N2O2. The van der Waals surface area contributed by atoms with Gasteiger partial charge in [-0.25, -0.2) is 4.79 Å². The van der Waals surface area contributed by atoms with Crippen molar-refractivity contribution >= 4 is 6.03 Å². The Hall–Kier alpha value is -1.71. The summed E-state index contributed by atoms with van der Waals surface area (Å²) >= 11 is 0. The number of amides is 2. The van der Waals surface area contributed by atoms with Crippen LogP contribution in [0.2, 0.25) is 0 Å². The number of carbonyl (C=O) groups is 1. The van der Waals surface area contributed by atoms with Crippen LogP contribution >= 0.6 is 0 Å². The van der Waals surface area contributed by atoms with Crippen LogP contribution in [-0.2, 0) is 0 Å². The van der Waals surface area contributed by atoms with Crippen molar-refractivity contribution < 1.29 is 9.53 Å². The molecule has 4 nitrogen and oxygen atoms in total. The molecule has 4 heteroatoms. The highest BCUT2D eigenvalue weighted by Crippen LogP contribution is 2.28. The molecule has 2 rings (SSSR count). The van der Waals surface area contributed by atoms with Crippen LogP contribution < -0.4 is 4.74 Å². The SMILES string of the molecule is CCN1CC(c2ccc(OC)cc2)N(C)C1=O. The van der Waals surface area contributed by atoms with Gasteiger partial charge < -0.3 is 14.5 Å². The highest BCUT2D eigenvalue weighted by molar-refractivity contribution is 5.77. The lowest BCUT2D eigenvalue weighted by Crippen LogP contribution is -2.29. The molecule has 0 N–H and O–H groups in total. The van der Waals surface area contributed by atoms with Gasteiger partial charge in [-0.05, 0) is 24.6 Å². The molecule has 1 aromatic rings. The third kappa shape index (κ3) is 2.07. The molecule has 0 aliphatic carbocycles. The van der Waals surface area contributed by atoms with Crippen molar-refractivity contribution in [2.75, 3.05) is 27.2 Å². The minimum Gasteiger partial charge on any atom is -0.497 e. The summed E-state index contributed by atoms with van der Waals surface area (Å²) in [5, 5.41) is 0. The van der Waals surface area contributed by atoms with Gasteiger partial charge in [-0.15, -0.1) is 0 Å². The first-order valence-electron chi connectivity index (χ1n) is 5.83. The lowest BCUT2D eigenvalue weighted by molar-refractivity contribution is 0.197. The van der Waals surface area contributed by atoms with E-state index in [1.807, 2.05) is 43.1 Å². The molecule has 92 valence electrons. The average Bonchev–Trinajstić information content (AvgIpc) is 2.66. The van der Waals surface area contributed by atoms with Crippen molar-refractivity contribution in [3.63, 3.8) is 0 Å². The predicted octanol–water partition coefficient (Wildman–Crippen LogP) is 2.12. The first-order chi connectivity index (χ1) is 8.17. The van der Waals surface area contributed by atoms with E-state index in [9.17, 15) is 4.79 Å². The van der Waals surface area contributed by atoms with Crippen LogP contribution in [0, 0.1) is 0 Å². The summed E-state index contributed by atoms with van der Waals surface area (Å²) in [6.45, 7) is 3.52. The average molecular weight is 234 g/mol. The molecule has 0 aromatic heterocycles. The maximum absolute atomic E-state index is 11.9. The van der Waals surface area contributed by atoms with Crippen LogP contribution in [0.15, 0.2) is 24.3 Å². The summed E-state index contributed by atoms with van der Waals surface area (Å²) in [4.78, 5) is 15.5.